The first-order valence-corrected chi connectivity index (χ1v) is 16.4. The first kappa shape index (κ1) is 31.3. The topological polar surface area (TPSA) is 60.0 Å². The molecule has 0 aliphatic carbocycles. The van der Waals surface area contributed by atoms with Crippen molar-refractivity contribution in [1.82, 2.24) is 10.2 Å². The Morgan fingerprint density at radius 2 is 1.73 bits per heavy atom. The lowest BCUT2D eigenvalue weighted by molar-refractivity contribution is -0.128. The molecule has 2 aliphatic rings. The van der Waals surface area contributed by atoms with Gasteiger partial charge in [-0.15, -0.1) is 0 Å². The number of carbonyl (C=O) groups is 1. The van der Waals surface area contributed by atoms with Gasteiger partial charge in [0.2, 0.25) is 5.91 Å². The molecule has 6 rings (SSSR count). The second-order valence-corrected chi connectivity index (χ2v) is 12.4. The third-order valence-electron chi connectivity index (χ3n) is 8.56. The summed E-state index contributed by atoms with van der Waals surface area (Å²) in [5.41, 5.74) is 5.47. The fourth-order valence-corrected chi connectivity index (χ4v) is 6.50. The summed E-state index contributed by atoms with van der Waals surface area (Å²) < 4.78 is 18.7. The summed E-state index contributed by atoms with van der Waals surface area (Å²) in [5.74, 6) is 2.28. The second kappa shape index (κ2) is 14.2. The van der Waals surface area contributed by atoms with Crippen LogP contribution >= 0.6 is 23.2 Å². The van der Waals surface area contributed by atoms with E-state index in [1.165, 1.54) is 5.56 Å². The van der Waals surface area contributed by atoms with Crippen LogP contribution in [-0.2, 0) is 24.4 Å². The van der Waals surface area contributed by atoms with Crippen molar-refractivity contribution in [1.29, 1.82) is 0 Å². The fraction of sp³-hybridized carbons (Fsp3) is 0.324. The van der Waals surface area contributed by atoms with Gasteiger partial charge >= 0.3 is 0 Å². The van der Waals surface area contributed by atoms with Crippen molar-refractivity contribution in [2.75, 3.05) is 13.2 Å². The first-order valence-electron chi connectivity index (χ1n) is 15.6. The van der Waals surface area contributed by atoms with E-state index in [9.17, 15) is 4.79 Å². The van der Waals surface area contributed by atoms with E-state index in [0.29, 0.717) is 42.8 Å². The number of benzene rings is 4. The number of ether oxygens (including phenoxy) is 3. The SMILES string of the molecule is CCCNC(=O)C1Cc2cc3c(cc2CN1C(CC)c1ccccc1)OC(c1ccc(OCc2ccc(Cl)c(Cl)c2)cc1)CO3. The Morgan fingerprint density at radius 3 is 2.47 bits per heavy atom. The first-order chi connectivity index (χ1) is 21.9. The third kappa shape index (κ3) is 7.09. The van der Waals surface area contributed by atoms with Crippen LogP contribution in [0.3, 0.4) is 0 Å². The largest absolute Gasteiger partial charge is 0.489 e. The Labute approximate surface area is 275 Å². The van der Waals surface area contributed by atoms with E-state index in [1.807, 2.05) is 42.5 Å². The minimum absolute atomic E-state index is 0.0798. The number of amides is 1. The second-order valence-electron chi connectivity index (χ2n) is 11.6. The van der Waals surface area contributed by atoms with E-state index in [0.717, 1.165) is 52.3 Å². The molecule has 234 valence electrons. The number of fused-ring (bicyclic) bond motifs is 2. The van der Waals surface area contributed by atoms with Gasteiger partial charge in [-0.2, -0.15) is 0 Å². The number of rotatable bonds is 10. The number of nitrogens with zero attached hydrogens (tertiary/aromatic N) is 1. The Morgan fingerprint density at radius 1 is 0.956 bits per heavy atom. The van der Waals surface area contributed by atoms with Crippen molar-refractivity contribution in [2.24, 2.45) is 0 Å². The summed E-state index contributed by atoms with van der Waals surface area (Å²) in [6.07, 6.45) is 2.17. The number of hydrogen-bond acceptors (Lipinski definition) is 5. The average Bonchev–Trinajstić information content (AvgIpc) is 3.07. The summed E-state index contributed by atoms with van der Waals surface area (Å²) in [5, 5.41) is 4.18. The van der Waals surface area contributed by atoms with Crippen LogP contribution in [0.15, 0.2) is 84.9 Å². The molecule has 6 nitrogen and oxygen atoms in total. The molecule has 0 saturated carbocycles. The van der Waals surface area contributed by atoms with E-state index in [-0.39, 0.29) is 24.1 Å². The van der Waals surface area contributed by atoms with Gasteiger partial charge in [-0.1, -0.05) is 85.6 Å². The van der Waals surface area contributed by atoms with E-state index in [2.05, 4.69) is 60.5 Å². The van der Waals surface area contributed by atoms with Crippen LogP contribution < -0.4 is 19.5 Å². The maximum absolute atomic E-state index is 13.5. The lowest BCUT2D eigenvalue weighted by Crippen LogP contribution is -2.51. The standard InChI is InChI=1S/C37H38Cl2N2O4/c1-3-16-40-37(42)33-18-27-19-34-35(20-28(27)21-41(33)32(4-2)25-8-6-5-7-9-25)45-36(23-44-34)26-11-13-29(14-12-26)43-22-24-10-15-30(38)31(39)17-24/h5-15,17,19-20,32-33,36H,3-4,16,18,21-23H2,1-2H3,(H,40,42). The van der Waals surface area contributed by atoms with E-state index < -0.39 is 0 Å². The summed E-state index contributed by atoms with van der Waals surface area (Å²) >= 11 is 12.2. The lowest BCUT2D eigenvalue weighted by Gasteiger charge is -2.41. The molecule has 0 spiro atoms. The average molecular weight is 646 g/mol. The van der Waals surface area contributed by atoms with Crippen molar-refractivity contribution in [3.8, 4) is 17.2 Å². The molecule has 0 saturated heterocycles. The molecule has 3 atom stereocenters. The molecule has 0 bridgehead atoms. The van der Waals surface area contributed by atoms with Gasteiger partial charge in [0.15, 0.2) is 17.6 Å². The highest BCUT2D eigenvalue weighted by atomic mass is 35.5. The van der Waals surface area contributed by atoms with Gasteiger partial charge in [-0.25, -0.2) is 0 Å². The summed E-state index contributed by atoms with van der Waals surface area (Å²) in [6, 6.07) is 27.9. The molecule has 45 heavy (non-hydrogen) atoms. The van der Waals surface area contributed by atoms with Crippen LogP contribution in [0.2, 0.25) is 10.0 Å². The van der Waals surface area contributed by atoms with E-state index >= 15 is 0 Å². The van der Waals surface area contributed by atoms with Crippen LogP contribution in [0.1, 0.15) is 66.7 Å². The van der Waals surface area contributed by atoms with Gasteiger partial charge in [0.05, 0.1) is 16.1 Å². The van der Waals surface area contributed by atoms with Gasteiger partial charge in [0.25, 0.3) is 0 Å². The Balaban J connectivity index is 1.18. The summed E-state index contributed by atoms with van der Waals surface area (Å²) in [4.78, 5) is 15.8. The van der Waals surface area contributed by atoms with E-state index in [4.69, 9.17) is 37.4 Å². The molecular weight excluding hydrogens is 607 g/mol. The third-order valence-corrected chi connectivity index (χ3v) is 9.30. The van der Waals surface area contributed by atoms with Gasteiger partial charge in [0, 0.05) is 19.1 Å². The van der Waals surface area contributed by atoms with Crippen molar-refractivity contribution in [2.45, 2.75) is 64.4 Å². The Hall–Kier alpha value is -3.71. The Kier molecular flexibility index (Phi) is 9.84. The summed E-state index contributed by atoms with van der Waals surface area (Å²) in [7, 11) is 0. The van der Waals surface area contributed by atoms with Crippen LogP contribution in [0.25, 0.3) is 0 Å². The minimum atomic E-state index is -0.262. The van der Waals surface area contributed by atoms with E-state index in [1.54, 1.807) is 6.07 Å². The fourth-order valence-electron chi connectivity index (χ4n) is 6.18. The Bertz CT molecular complexity index is 1630. The quantitative estimate of drug-likeness (QED) is 0.188. The van der Waals surface area contributed by atoms with Gasteiger partial charge in [-0.3, -0.25) is 9.69 Å². The van der Waals surface area contributed by atoms with Crippen molar-refractivity contribution < 1.29 is 19.0 Å². The minimum Gasteiger partial charge on any atom is -0.489 e. The maximum atomic E-state index is 13.5. The maximum Gasteiger partial charge on any atom is 0.237 e. The zero-order valence-electron chi connectivity index (χ0n) is 25.6. The van der Waals surface area contributed by atoms with Gasteiger partial charge in [-0.05, 0) is 83.5 Å². The molecule has 8 heteroatoms. The zero-order valence-corrected chi connectivity index (χ0v) is 27.1. The van der Waals surface area contributed by atoms with Crippen LogP contribution in [0, 0.1) is 0 Å². The highest BCUT2D eigenvalue weighted by Crippen LogP contribution is 2.42. The van der Waals surface area contributed by atoms with Crippen LogP contribution in [0.4, 0.5) is 0 Å². The van der Waals surface area contributed by atoms with Crippen LogP contribution in [0.5, 0.6) is 17.2 Å². The lowest BCUT2D eigenvalue weighted by atomic mass is 9.89. The van der Waals surface area contributed by atoms with Crippen LogP contribution in [-0.4, -0.2) is 30.0 Å². The highest BCUT2D eigenvalue weighted by molar-refractivity contribution is 6.42. The molecule has 2 aliphatic heterocycles. The molecule has 2 heterocycles. The van der Waals surface area contributed by atoms with Crippen molar-refractivity contribution in [3.05, 3.63) is 123 Å². The predicted molar refractivity (Wildman–Crippen MR) is 178 cm³/mol. The normalized spacial score (nSPS) is 18.1. The van der Waals surface area contributed by atoms with Crippen molar-refractivity contribution >= 4 is 29.1 Å². The molecule has 0 fully saturated rings. The molecule has 0 aromatic heterocycles. The number of halogens is 2. The number of hydrogen-bond donors (Lipinski definition) is 1. The van der Waals surface area contributed by atoms with Gasteiger partial charge in [0.1, 0.15) is 19.0 Å². The number of nitrogens with one attached hydrogen (secondary N) is 1. The molecule has 3 unspecified atom stereocenters. The zero-order chi connectivity index (χ0) is 31.3. The summed E-state index contributed by atoms with van der Waals surface area (Å²) in [6.45, 7) is 6.37. The smallest absolute Gasteiger partial charge is 0.237 e. The molecule has 4 aromatic carbocycles. The molecular formula is C37H38Cl2N2O4. The predicted octanol–water partition coefficient (Wildman–Crippen LogP) is 8.49. The molecule has 1 N–H and O–H groups in total. The molecule has 0 radical (unpaired) electrons. The monoisotopic (exact) mass is 644 g/mol. The molecule has 1 amide bonds. The molecule has 4 aromatic rings. The van der Waals surface area contributed by atoms with Gasteiger partial charge < -0.3 is 19.5 Å². The number of carbonyl (C=O) groups excluding carboxylic acids is 1. The van der Waals surface area contributed by atoms with Crippen molar-refractivity contribution in [3.63, 3.8) is 0 Å². The highest BCUT2D eigenvalue weighted by Gasteiger charge is 2.37.